The third-order valence-corrected chi connectivity index (χ3v) is 2.28. The number of carbonyl (C=O) groups is 2. The summed E-state index contributed by atoms with van der Waals surface area (Å²) in [5, 5.41) is 21.2. The zero-order valence-electron chi connectivity index (χ0n) is 11.5. The molecule has 0 aliphatic heterocycles. The average molecular weight is 282 g/mol. The van der Waals surface area contributed by atoms with Crippen molar-refractivity contribution in [2.75, 3.05) is 0 Å². The lowest BCUT2D eigenvalue weighted by Crippen LogP contribution is -2.46. The number of amides is 1. The molecule has 0 saturated heterocycles. The number of rotatable bonds is 4. The molecule has 20 heavy (non-hydrogen) atoms. The van der Waals surface area contributed by atoms with E-state index in [1.54, 1.807) is 26.8 Å². The fourth-order valence-corrected chi connectivity index (χ4v) is 1.45. The van der Waals surface area contributed by atoms with E-state index in [9.17, 15) is 14.7 Å². The second kappa shape index (κ2) is 6.33. The van der Waals surface area contributed by atoms with Crippen LogP contribution in [-0.4, -0.2) is 38.9 Å². The summed E-state index contributed by atoms with van der Waals surface area (Å²) in [7, 11) is 0. The van der Waals surface area contributed by atoms with Gasteiger partial charge in [0.2, 0.25) is 0 Å². The largest absolute Gasteiger partial charge is 0.480 e. The van der Waals surface area contributed by atoms with Gasteiger partial charge in [-0.25, -0.2) is 9.59 Å². The minimum atomic E-state index is -1.52. The average Bonchev–Trinajstić information content (AvgIpc) is 2.34. The van der Waals surface area contributed by atoms with Crippen LogP contribution in [0.4, 0.5) is 4.79 Å². The van der Waals surface area contributed by atoms with E-state index in [0.29, 0.717) is 0 Å². The number of aromatic nitrogens is 1. The predicted molar refractivity (Wildman–Crippen MR) is 70.0 cm³/mol. The molecule has 0 spiro atoms. The Morgan fingerprint density at radius 1 is 1.40 bits per heavy atom. The van der Waals surface area contributed by atoms with Crippen LogP contribution in [0.1, 0.15) is 32.4 Å². The molecular weight excluding hydrogens is 264 g/mol. The molecule has 110 valence electrons. The smallest absolute Gasteiger partial charge is 0.408 e. The highest BCUT2D eigenvalue weighted by Gasteiger charge is 2.31. The maximum Gasteiger partial charge on any atom is 0.408 e. The van der Waals surface area contributed by atoms with Gasteiger partial charge in [0, 0.05) is 18.0 Å². The molecule has 1 aromatic rings. The molecule has 0 unspecified atom stereocenters. The second-order valence-corrected chi connectivity index (χ2v) is 5.19. The molecule has 1 amide bonds. The summed E-state index contributed by atoms with van der Waals surface area (Å²) < 4.78 is 4.96. The Hall–Kier alpha value is -2.15. The van der Waals surface area contributed by atoms with E-state index < -0.39 is 29.8 Å². The number of aliphatic hydroxyl groups excluding tert-OH is 1. The normalized spacial score (nSPS) is 14.2. The van der Waals surface area contributed by atoms with E-state index in [1.807, 2.05) is 0 Å². The Bertz CT molecular complexity index is 469. The van der Waals surface area contributed by atoms with Crippen LogP contribution in [0, 0.1) is 0 Å². The third kappa shape index (κ3) is 4.85. The van der Waals surface area contributed by atoms with Gasteiger partial charge in [0.1, 0.15) is 11.7 Å². The first kappa shape index (κ1) is 15.9. The molecule has 0 saturated carbocycles. The topological polar surface area (TPSA) is 109 Å². The number of carboxylic acid groups (broad SMARTS) is 1. The van der Waals surface area contributed by atoms with Gasteiger partial charge in [0.15, 0.2) is 6.04 Å². The van der Waals surface area contributed by atoms with Gasteiger partial charge in [0.05, 0.1) is 0 Å². The molecule has 7 nitrogen and oxygen atoms in total. The highest BCUT2D eigenvalue weighted by Crippen LogP contribution is 2.16. The Balaban J connectivity index is 2.80. The van der Waals surface area contributed by atoms with Gasteiger partial charge in [-0.05, 0) is 26.8 Å². The van der Waals surface area contributed by atoms with Crippen LogP contribution >= 0.6 is 0 Å². The lowest BCUT2D eigenvalue weighted by Gasteiger charge is -2.24. The third-order valence-electron chi connectivity index (χ3n) is 2.28. The summed E-state index contributed by atoms with van der Waals surface area (Å²) in [4.78, 5) is 26.5. The molecule has 0 aliphatic carbocycles. The maximum atomic E-state index is 11.6. The van der Waals surface area contributed by atoms with Crippen molar-refractivity contribution in [3.8, 4) is 0 Å². The molecule has 0 bridgehead atoms. The molecule has 0 aliphatic rings. The number of alkyl carbamates (subject to hydrolysis) is 1. The van der Waals surface area contributed by atoms with Gasteiger partial charge < -0.3 is 20.3 Å². The predicted octanol–water partition coefficient (Wildman–Crippen LogP) is 1.09. The number of hydrogen-bond acceptors (Lipinski definition) is 5. The van der Waals surface area contributed by atoms with E-state index in [4.69, 9.17) is 9.84 Å². The van der Waals surface area contributed by atoms with Crippen LogP contribution in [0.2, 0.25) is 0 Å². The lowest BCUT2D eigenvalue weighted by atomic mass is 10.0. The Morgan fingerprint density at radius 3 is 2.50 bits per heavy atom. The van der Waals surface area contributed by atoms with Crippen molar-refractivity contribution < 1.29 is 24.5 Å². The van der Waals surface area contributed by atoms with Crippen molar-refractivity contribution >= 4 is 12.1 Å². The van der Waals surface area contributed by atoms with Crippen LogP contribution in [-0.2, 0) is 9.53 Å². The molecule has 1 heterocycles. The van der Waals surface area contributed by atoms with Crippen LogP contribution in [0.5, 0.6) is 0 Å². The highest BCUT2D eigenvalue weighted by molar-refractivity contribution is 5.80. The molecule has 0 aromatic carbocycles. The molecule has 2 atom stereocenters. The summed E-state index contributed by atoms with van der Waals surface area (Å²) in [6.07, 6.45) is 0.492. The van der Waals surface area contributed by atoms with Gasteiger partial charge in [-0.2, -0.15) is 0 Å². The molecule has 7 heteroatoms. The quantitative estimate of drug-likeness (QED) is 0.762. The Kier molecular flexibility index (Phi) is 5.04. The van der Waals surface area contributed by atoms with Crippen LogP contribution in [0.3, 0.4) is 0 Å². The summed E-state index contributed by atoms with van der Waals surface area (Å²) in [6.45, 7) is 4.96. The number of ether oxygens (including phenoxy) is 1. The van der Waals surface area contributed by atoms with E-state index in [-0.39, 0.29) is 5.56 Å². The number of nitrogens with zero attached hydrogens (tertiary/aromatic N) is 1. The van der Waals surface area contributed by atoms with Crippen molar-refractivity contribution in [1.82, 2.24) is 10.3 Å². The molecule has 0 fully saturated rings. The van der Waals surface area contributed by atoms with Gasteiger partial charge >= 0.3 is 12.1 Å². The molecule has 1 rings (SSSR count). The fourth-order valence-electron chi connectivity index (χ4n) is 1.45. The second-order valence-electron chi connectivity index (χ2n) is 5.19. The molecule has 3 N–H and O–H groups in total. The molecular formula is C13H18N2O5. The summed E-state index contributed by atoms with van der Waals surface area (Å²) in [5.74, 6) is -1.37. The number of aliphatic hydroxyl groups is 1. The van der Waals surface area contributed by atoms with Crippen molar-refractivity contribution in [1.29, 1.82) is 0 Å². The monoisotopic (exact) mass is 282 g/mol. The van der Waals surface area contributed by atoms with Gasteiger partial charge in [0.25, 0.3) is 0 Å². The summed E-state index contributed by atoms with van der Waals surface area (Å²) in [5.41, 5.74) is -0.470. The number of hydrogen-bond donors (Lipinski definition) is 3. The van der Waals surface area contributed by atoms with E-state index in [2.05, 4.69) is 10.3 Å². The lowest BCUT2D eigenvalue weighted by molar-refractivity contribution is -0.142. The fraction of sp³-hybridized carbons (Fsp3) is 0.462. The minimum absolute atomic E-state index is 0.288. The minimum Gasteiger partial charge on any atom is -0.480 e. The molecule has 0 radical (unpaired) electrons. The van der Waals surface area contributed by atoms with Gasteiger partial charge in [-0.1, -0.05) is 6.07 Å². The van der Waals surface area contributed by atoms with E-state index >= 15 is 0 Å². The SMILES string of the molecule is CC(C)(C)OC(=O)N[C@H](C(=O)O)[C@H](O)c1cccnc1. The van der Waals surface area contributed by atoms with E-state index in [1.165, 1.54) is 18.5 Å². The van der Waals surface area contributed by atoms with Crippen molar-refractivity contribution in [2.45, 2.75) is 38.5 Å². The number of pyridine rings is 1. The maximum absolute atomic E-state index is 11.6. The van der Waals surface area contributed by atoms with Gasteiger partial charge in [-0.15, -0.1) is 0 Å². The first-order chi connectivity index (χ1) is 9.20. The van der Waals surface area contributed by atoms with Gasteiger partial charge in [-0.3, -0.25) is 4.98 Å². The van der Waals surface area contributed by atoms with Crippen LogP contribution < -0.4 is 5.32 Å². The highest BCUT2D eigenvalue weighted by atomic mass is 16.6. The number of nitrogens with one attached hydrogen (secondary N) is 1. The number of carbonyl (C=O) groups excluding carboxylic acids is 1. The zero-order chi connectivity index (χ0) is 15.3. The van der Waals surface area contributed by atoms with Crippen LogP contribution in [0.25, 0.3) is 0 Å². The Morgan fingerprint density at radius 2 is 2.05 bits per heavy atom. The standard InChI is InChI=1S/C13H18N2O5/c1-13(2,3)20-12(19)15-9(11(17)18)10(16)8-5-4-6-14-7-8/h4-7,9-10,16H,1-3H3,(H,15,19)(H,17,18)/t9-,10+/m0/s1. The van der Waals surface area contributed by atoms with Crippen molar-refractivity contribution in [3.05, 3.63) is 30.1 Å². The van der Waals surface area contributed by atoms with Crippen molar-refractivity contribution in [3.63, 3.8) is 0 Å². The Labute approximate surface area is 116 Å². The number of aliphatic carboxylic acids is 1. The zero-order valence-corrected chi connectivity index (χ0v) is 11.5. The first-order valence-corrected chi connectivity index (χ1v) is 6.01. The van der Waals surface area contributed by atoms with E-state index in [0.717, 1.165) is 0 Å². The summed E-state index contributed by atoms with van der Waals surface area (Å²) in [6, 6.07) is 1.56. The van der Waals surface area contributed by atoms with Crippen LogP contribution in [0.15, 0.2) is 24.5 Å². The summed E-state index contributed by atoms with van der Waals surface area (Å²) >= 11 is 0. The molecule has 1 aromatic heterocycles. The van der Waals surface area contributed by atoms with Crippen molar-refractivity contribution in [2.24, 2.45) is 0 Å². The first-order valence-electron chi connectivity index (χ1n) is 6.01. The number of carboxylic acids is 1.